The van der Waals surface area contributed by atoms with Crippen LogP contribution in [0.3, 0.4) is 0 Å². The fourth-order valence-corrected chi connectivity index (χ4v) is 10.2. The predicted molar refractivity (Wildman–Crippen MR) is 253 cm³/mol. The number of benzene rings is 12. The zero-order valence-corrected chi connectivity index (χ0v) is 32.0. The van der Waals surface area contributed by atoms with Gasteiger partial charge in [-0.15, -0.1) is 0 Å². The first-order chi connectivity index (χ1) is 29.3. The Hall–Kier alpha value is -7.74. The lowest BCUT2D eigenvalue weighted by atomic mass is 9.83. The third-order valence-electron chi connectivity index (χ3n) is 12.8. The molecule has 272 valence electrons. The van der Waals surface area contributed by atoms with E-state index in [4.69, 9.17) is 4.42 Å². The molecule has 0 saturated heterocycles. The Labute approximate surface area is 340 Å². The third kappa shape index (κ3) is 4.73. The molecule has 0 spiro atoms. The third-order valence-corrected chi connectivity index (χ3v) is 12.8. The summed E-state index contributed by atoms with van der Waals surface area (Å²) in [6.45, 7) is 0. The molecule has 1 nitrogen and oxygen atoms in total. The Morgan fingerprint density at radius 2 is 0.729 bits per heavy atom. The van der Waals surface area contributed by atoms with Crippen molar-refractivity contribution >= 4 is 97.3 Å². The van der Waals surface area contributed by atoms with E-state index in [0.717, 1.165) is 27.3 Å². The molecular formula is C58H34O. The van der Waals surface area contributed by atoms with Crippen LogP contribution in [0, 0.1) is 0 Å². The molecule has 1 heterocycles. The maximum atomic E-state index is 6.79. The summed E-state index contributed by atoms with van der Waals surface area (Å²) in [5.74, 6) is 0. The summed E-state index contributed by atoms with van der Waals surface area (Å²) in [5, 5.41) is 19.6. The van der Waals surface area contributed by atoms with E-state index in [2.05, 4.69) is 206 Å². The molecule has 0 atom stereocenters. The van der Waals surface area contributed by atoms with E-state index in [1.807, 2.05) is 0 Å². The van der Waals surface area contributed by atoms with Gasteiger partial charge in [0.2, 0.25) is 0 Å². The van der Waals surface area contributed by atoms with E-state index in [9.17, 15) is 0 Å². The number of hydrogen-bond donors (Lipinski definition) is 0. The molecule has 1 heteroatoms. The molecule has 0 radical (unpaired) electrons. The second-order valence-corrected chi connectivity index (χ2v) is 15.9. The summed E-state index contributed by atoms with van der Waals surface area (Å²) in [4.78, 5) is 0. The molecular weight excluding hydrogens is 713 g/mol. The molecule has 0 fully saturated rings. The highest BCUT2D eigenvalue weighted by Crippen LogP contribution is 2.47. The SMILES string of the molecule is c1ccc2cc(-c3c4ccccc4c(-c4ccc(-c5ccc6cc7c(cc6c5)oc5c6ccccc6c6ccccc6c75)c5ccccc45)c4ccccc34)ccc2c1. The van der Waals surface area contributed by atoms with Crippen LogP contribution in [0.2, 0.25) is 0 Å². The van der Waals surface area contributed by atoms with Gasteiger partial charge in [0.1, 0.15) is 11.2 Å². The van der Waals surface area contributed by atoms with Crippen LogP contribution in [0.15, 0.2) is 211 Å². The second kappa shape index (κ2) is 12.4. The first kappa shape index (κ1) is 32.4. The number of hydrogen-bond acceptors (Lipinski definition) is 1. The van der Waals surface area contributed by atoms with Crippen molar-refractivity contribution in [3.63, 3.8) is 0 Å². The van der Waals surface area contributed by atoms with Crippen molar-refractivity contribution in [2.45, 2.75) is 0 Å². The van der Waals surface area contributed by atoms with Gasteiger partial charge in [-0.25, -0.2) is 0 Å². The standard InChI is InChI=1S/C58H34O/c1-2-14-36-31-39(28-25-35(36)13-1)55-47-20-8-10-22-49(47)56(50-23-11-9-21-48(50)55)51-30-29-41(42-15-3-4-16-43(42)51)38-27-26-37-33-53-54(34-40(37)32-38)59-58-52-24-12-6-18-45(52)44-17-5-7-19-46(44)57(53)58/h1-34H. The molecule has 0 aliphatic heterocycles. The minimum atomic E-state index is 0.914. The first-order valence-electron chi connectivity index (χ1n) is 20.4. The van der Waals surface area contributed by atoms with Crippen LogP contribution >= 0.6 is 0 Å². The lowest BCUT2D eigenvalue weighted by Gasteiger charge is -2.20. The van der Waals surface area contributed by atoms with Crippen LogP contribution in [0.25, 0.3) is 131 Å². The topological polar surface area (TPSA) is 13.1 Å². The van der Waals surface area contributed by atoms with Crippen molar-refractivity contribution in [2.24, 2.45) is 0 Å². The van der Waals surface area contributed by atoms with Crippen LogP contribution < -0.4 is 0 Å². The average molecular weight is 747 g/mol. The molecule has 13 aromatic rings. The van der Waals surface area contributed by atoms with Gasteiger partial charge in [-0.3, -0.25) is 0 Å². The van der Waals surface area contributed by atoms with E-state index in [1.54, 1.807) is 0 Å². The second-order valence-electron chi connectivity index (χ2n) is 15.9. The van der Waals surface area contributed by atoms with E-state index in [1.165, 1.54) is 103 Å². The smallest absolute Gasteiger partial charge is 0.143 e. The molecule has 0 amide bonds. The Morgan fingerprint density at radius 3 is 1.44 bits per heavy atom. The van der Waals surface area contributed by atoms with E-state index in [0.29, 0.717) is 0 Å². The minimum absolute atomic E-state index is 0.914. The van der Waals surface area contributed by atoms with Gasteiger partial charge in [-0.05, 0) is 128 Å². The molecule has 13 rings (SSSR count). The summed E-state index contributed by atoms with van der Waals surface area (Å²) in [7, 11) is 0. The zero-order valence-electron chi connectivity index (χ0n) is 32.0. The molecule has 0 bridgehead atoms. The van der Waals surface area contributed by atoms with Gasteiger partial charge in [0, 0.05) is 16.2 Å². The quantitative estimate of drug-likeness (QED) is 0.130. The largest absolute Gasteiger partial charge is 0.455 e. The highest BCUT2D eigenvalue weighted by Gasteiger charge is 2.20. The van der Waals surface area contributed by atoms with Crippen molar-refractivity contribution in [2.75, 3.05) is 0 Å². The van der Waals surface area contributed by atoms with Crippen LogP contribution in [0.4, 0.5) is 0 Å². The van der Waals surface area contributed by atoms with Gasteiger partial charge in [0.15, 0.2) is 0 Å². The molecule has 0 unspecified atom stereocenters. The number of furan rings is 1. The van der Waals surface area contributed by atoms with Gasteiger partial charge < -0.3 is 4.42 Å². The molecule has 0 N–H and O–H groups in total. The van der Waals surface area contributed by atoms with Crippen molar-refractivity contribution in [3.05, 3.63) is 206 Å². The number of rotatable bonds is 3. The van der Waals surface area contributed by atoms with Gasteiger partial charge >= 0.3 is 0 Å². The van der Waals surface area contributed by atoms with Crippen LogP contribution in [0.1, 0.15) is 0 Å². The molecule has 0 aliphatic rings. The van der Waals surface area contributed by atoms with Crippen LogP contribution in [-0.2, 0) is 0 Å². The normalized spacial score (nSPS) is 12.1. The summed E-state index contributed by atoms with van der Waals surface area (Å²) in [6, 6.07) is 75.8. The molecule has 1 aromatic heterocycles. The lowest BCUT2D eigenvalue weighted by Crippen LogP contribution is -1.92. The average Bonchev–Trinajstić information content (AvgIpc) is 3.68. The Bertz CT molecular complexity index is 3850. The van der Waals surface area contributed by atoms with Crippen molar-refractivity contribution in [1.82, 2.24) is 0 Å². The van der Waals surface area contributed by atoms with E-state index >= 15 is 0 Å². The maximum Gasteiger partial charge on any atom is 0.143 e. The van der Waals surface area contributed by atoms with Crippen molar-refractivity contribution in [3.8, 4) is 33.4 Å². The van der Waals surface area contributed by atoms with E-state index < -0.39 is 0 Å². The molecule has 12 aromatic carbocycles. The highest BCUT2D eigenvalue weighted by molar-refractivity contribution is 6.31. The monoisotopic (exact) mass is 746 g/mol. The summed E-state index contributed by atoms with van der Waals surface area (Å²) >= 11 is 0. The Morgan fingerprint density at radius 1 is 0.254 bits per heavy atom. The summed E-state index contributed by atoms with van der Waals surface area (Å²) in [5.41, 5.74) is 9.31. The summed E-state index contributed by atoms with van der Waals surface area (Å²) < 4.78 is 6.79. The Balaban J connectivity index is 1.01. The highest BCUT2D eigenvalue weighted by atomic mass is 16.3. The lowest BCUT2D eigenvalue weighted by molar-refractivity contribution is 0.673. The molecule has 59 heavy (non-hydrogen) atoms. The van der Waals surface area contributed by atoms with Crippen molar-refractivity contribution in [1.29, 1.82) is 0 Å². The van der Waals surface area contributed by atoms with Crippen molar-refractivity contribution < 1.29 is 4.42 Å². The minimum Gasteiger partial charge on any atom is -0.455 e. The van der Waals surface area contributed by atoms with Crippen LogP contribution in [0.5, 0.6) is 0 Å². The fourth-order valence-electron chi connectivity index (χ4n) is 10.2. The molecule has 0 aliphatic carbocycles. The van der Waals surface area contributed by atoms with Gasteiger partial charge in [0.25, 0.3) is 0 Å². The Kier molecular flexibility index (Phi) is 6.79. The predicted octanol–water partition coefficient (Wildman–Crippen LogP) is 16.7. The fraction of sp³-hybridized carbons (Fsp3) is 0. The zero-order chi connectivity index (χ0) is 38.6. The van der Waals surface area contributed by atoms with Gasteiger partial charge in [0.05, 0.1) is 0 Å². The van der Waals surface area contributed by atoms with Crippen LogP contribution in [-0.4, -0.2) is 0 Å². The molecule has 0 saturated carbocycles. The van der Waals surface area contributed by atoms with E-state index in [-0.39, 0.29) is 0 Å². The number of fused-ring (bicyclic) bond motifs is 13. The first-order valence-corrected chi connectivity index (χ1v) is 20.4. The van der Waals surface area contributed by atoms with Gasteiger partial charge in [-0.2, -0.15) is 0 Å². The maximum absolute atomic E-state index is 6.79. The summed E-state index contributed by atoms with van der Waals surface area (Å²) in [6.07, 6.45) is 0. The van der Waals surface area contributed by atoms with Gasteiger partial charge in [-0.1, -0.05) is 182 Å².